The van der Waals surface area contributed by atoms with E-state index in [1.807, 2.05) is 6.08 Å². The number of methoxy groups -OCH3 is 1. The summed E-state index contributed by atoms with van der Waals surface area (Å²) in [6, 6.07) is -0.746. The summed E-state index contributed by atoms with van der Waals surface area (Å²) in [7, 11) is 1.51. The van der Waals surface area contributed by atoms with Gasteiger partial charge in [0.15, 0.2) is 0 Å². The third-order valence-electron chi connectivity index (χ3n) is 7.08. The van der Waals surface area contributed by atoms with E-state index in [0.29, 0.717) is 13.0 Å². The number of unbranched alkanes of at least 4 members (excludes halogenated alkanes) is 15. The number of rotatable bonds is 29. The lowest BCUT2D eigenvalue weighted by Crippen LogP contribution is -2.46. The molecule has 240 valence electrons. The van der Waals surface area contributed by atoms with Crippen LogP contribution >= 0.6 is 0 Å². The van der Waals surface area contributed by atoms with Gasteiger partial charge in [0.25, 0.3) is 0 Å². The summed E-state index contributed by atoms with van der Waals surface area (Å²) in [5.74, 6) is -1.25. The highest BCUT2D eigenvalue weighted by molar-refractivity contribution is 5.78. The molecule has 0 spiro atoms. The number of amides is 1. The number of carbonyl (C=O) groups excluding carboxylic acids is 3. The first-order valence-electron chi connectivity index (χ1n) is 16.4. The quantitative estimate of drug-likeness (QED) is 0.0556. The van der Waals surface area contributed by atoms with Crippen molar-refractivity contribution in [2.75, 3.05) is 26.9 Å². The Morgan fingerprint density at radius 1 is 0.683 bits per heavy atom. The molecule has 0 aliphatic rings. The van der Waals surface area contributed by atoms with Gasteiger partial charge in [-0.3, -0.25) is 14.4 Å². The fraction of sp³-hybridized carbons (Fsp3) is 0.848. The van der Waals surface area contributed by atoms with Gasteiger partial charge in [0.05, 0.1) is 31.6 Å². The van der Waals surface area contributed by atoms with E-state index in [1.54, 1.807) is 6.08 Å². The highest BCUT2D eigenvalue weighted by Gasteiger charge is 2.21. The standard InChI is InChI=1S/C33H61NO7/c1-4-6-8-10-11-12-13-14-15-16-17-19-20-22-30(35)29(34-31(36)23-21-18-9-7-5-2)28-41-33(38)25-24-32(37)40-27-26-39-3/h20,22,29-30,35H,4-19,21,23-28H2,1-3H3,(H,34,36)/b22-20+/t29-,30+/m0/s1. The van der Waals surface area contributed by atoms with Crippen LogP contribution in [0.2, 0.25) is 0 Å². The molecule has 41 heavy (non-hydrogen) atoms. The molecule has 1 amide bonds. The minimum atomic E-state index is -0.974. The normalized spacial score (nSPS) is 12.8. The van der Waals surface area contributed by atoms with Crippen LogP contribution in [0, 0.1) is 0 Å². The summed E-state index contributed by atoms with van der Waals surface area (Å²) in [4.78, 5) is 36.4. The molecule has 0 aromatic rings. The topological polar surface area (TPSA) is 111 Å². The van der Waals surface area contributed by atoms with E-state index in [0.717, 1.165) is 44.9 Å². The van der Waals surface area contributed by atoms with Crippen molar-refractivity contribution in [2.24, 2.45) is 0 Å². The molecule has 0 aromatic carbocycles. The van der Waals surface area contributed by atoms with Crippen molar-refractivity contribution < 1.29 is 33.7 Å². The lowest BCUT2D eigenvalue weighted by Gasteiger charge is -2.22. The molecule has 0 aliphatic carbocycles. The van der Waals surface area contributed by atoms with Crippen molar-refractivity contribution in [2.45, 2.75) is 154 Å². The average molecular weight is 584 g/mol. The highest BCUT2D eigenvalue weighted by Crippen LogP contribution is 2.12. The van der Waals surface area contributed by atoms with Gasteiger partial charge in [0.1, 0.15) is 13.2 Å². The van der Waals surface area contributed by atoms with Gasteiger partial charge in [-0.05, 0) is 19.3 Å². The maximum absolute atomic E-state index is 12.5. The maximum Gasteiger partial charge on any atom is 0.306 e. The number of allylic oxidation sites excluding steroid dienone is 1. The zero-order chi connectivity index (χ0) is 30.4. The van der Waals surface area contributed by atoms with Crippen molar-refractivity contribution in [3.05, 3.63) is 12.2 Å². The molecule has 8 heteroatoms. The molecule has 0 saturated carbocycles. The summed E-state index contributed by atoms with van der Waals surface area (Å²) in [5.41, 5.74) is 0. The minimum Gasteiger partial charge on any atom is -0.463 e. The lowest BCUT2D eigenvalue weighted by atomic mass is 10.0. The zero-order valence-corrected chi connectivity index (χ0v) is 26.5. The number of hydrogen-bond donors (Lipinski definition) is 2. The number of nitrogens with one attached hydrogen (secondary N) is 1. The Hall–Kier alpha value is -1.93. The maximum atomic E-state index is 12.5. The third-order valence-corrected chi connectivity index (χ3v) is 7.08. The molecule has 0 rings (SSSR count). The predicted octanol–water partition coefficient (Wildman–Crippen LogP) is 6.96. The van der Waals surface area contributed by atoms with Crippen molar-refractivity contribution in [1.29, 1.82) is 0 Å². The fourth-order valence-electron chi connectivity index (χ4n) is 4.46. The van der Waals surface area contributed by atoms with E-state index < -0.39 is 24.1 Å². The largest absolute Gasteiger partial charge is 0.463 e. The molecule has 0 aromatic heterocycles. The summed E-state index contributed by atoms with van der Waals surface area (Å²) >= 11 is 0. The fourth-order valence-corrected chi connectivity index (χ4v) is 4.46. The number of aliphatic hydroxyl groups excluding tert-OH is 1. The molecule has 2 atom stereocenters. The summed E-state index contributed by atoms with van der Waals surface area (Å²) in [6.45, 7) is 4.66. The second-order valence-electron chi connectivity index (χ2n) is 11.0. The number of esters is 2. The third kappa shape index (κ3) is 26.7. The van der Waals surface area contributed by atoms with E-state index in [4.69, 9.17) is 14.2 Å². The molecule has 0 unspecified atom stereocenters. The summed E-state index contributed by atoms with van der Waals surface area (Å²) in [5, 5.41) is 13.6. The van der Waals surface area contributed by atoms with E-state index in [-0.39, 0.29) is 32.0 Å². The predicted molar refractivity (Wildman–Crippen MR) is 165 cm³/mol. The van der Waals surface area contributed by atoms with E-state index in [9.17, 15) is 19.5 Å². The van der Waals surface area contributed by atoms with Gasteiger partial charge in [0, 0.05) is 13.5 Å². The van der Waals surface area contributed by atoms with Gasteiger partial charge >= 0.3 is 11.9 Å². The van der Waals surface area contributed by atoms with E-state index >= 15 is 0 Å². The number of ether oxygens (including phenoxy) is 3. The van der Waals surface area contributed by atoms with Gasteiger partial charge in [-0.25, -0.2) is 0 Å². The van der Waals surface area contributed by atoms with E-state index in [2.05, 4.69) is 19.2 Å². The van der Waals surface area contributed by atoms with Crippen molar-refractivity contribution in [3.8, 4) is 0 Å². The van der Waals surface area contributed by atoms with Crippen LogP contribution in [0.25, 0.3) is 0 Å². The Morgan fingerprint density at radius 2 is 1.20 bits per heavy atom. The van der Waals surface area contributed by atoms with Crippen LogP contribution in [0.15, 0.2) is 12.2 Å². The number of hydrogen-bond acceptors (Lipinski definition) is 7. The van der Waals surface area contributed by atoms with Crippen molar-refractivity contribution >= 4 is 17.8 Å². The Labute approximate surface area is 250 Å². The summed E-state index contributed by atoms with van der Waals surface area (Å²) < 4.78 is 15.1. The first-order chi connectivity index (χ1) is 19.9. The molecule has 8 nitrogen and oxygen atoms in total. The Balaban J connectivity index is 4.46. The summed E-state index contributed by atoms with van der Waals surface area (Å²) in [6.07, 6.45) is 23.0. The molecule has 0 bridgehead atoms. The molecule has 0 radical (unpaired) electrons. The van der Waals surface area contributed by atoms with E-state index in [1.165, 1.54) is 71.3 Å². The Bertz CT molecular complexity index is 668. The molecule has 2 N–H and O–H groups in total. The second-order valence-corrected chi connectivity index (χ2v) is 11.0. The van der Waals surface area contributed by atoms with Crippen molar-refractivity contribution in [3.63, 3.8) is 0 Å². The van der Waals surface area contributed by atoms with Crippen LogP contribution in [0.4, 0.5) is 0 Å². The van der Waals surface area contributed by atoms with Gasteiger partial charge in [-0.15, -0.1) is 0 Å². The lowest BCUT2D eigenvalue weighted by molar-refractivity contribution is -0.151. The van der Waals surface area contributed by atoms with Crippen LogP contribution in [0.5, 0.6) is 0 Å². The number of carbonyl (C=O) groups is 3. The van der Waals surface area contributed by atoms with Gasteiger partial charge < -0.3 is 24.6 Å². The van der Waals surface area contributed by atoms with Crippen LogP contribution in [0.3, 0.4) is 0 Å². The number of aliphatic hydroxyl groups is 1. The van der Waals surface area contributed by atoms with Gasteiger partial charge in [0.2, 0.25) is 5.91 Å². The monoisotopic (exact) mass is 583 g/mol. The Morgan fingerprint density at radius 3 is 1.76 bits per heavy atom. The first kappa shape index (κ1) is 39.1. The van der Waals surface area contributed by atoms with Crippen LogP contribution in [-0.2, 0) is 28.6 Å². The van der Waals surface area contributed by atoms with Gasteiger partial charge in [-0.2, -0.15) is 0 Å². The first-order valence-corrected chi connectivity index (χ1v) is 16.4. The minimum absolute atomic E-state index is 0.0985. The van der Waals surface area contributed by atoms with Crippen LogP contribution in [-0.4, -0.2) is 62.0 Å². The highest BCUT2D eigenvalue weighted by atomic mass is 16.6. The van der Waals surface area contributed by atoms with Gasteiger partial charge in [-0.1, -0.05) is 116 Å². The van der Waals surface area contributed by atoms with Crippen LogP contribution in [0.1, 0.15) is 142 Å². The van der Waals surface area contributed by atoms with Crippen molar-refractivity contribution in [1.82, 2.24) is 5.32 Å². The molecular formula is C33H61NO7. The SMILES string of the molecule is CCCCCCCCCCCCC/C=C/[C@@H](O)[C@H](COC(=O)CCC(=O)OCCOC)NC(=O)CCCCCCC. The molecule has 0 heterocycles. The molecule has 0 saturated heterocycles. The second kappa shape index (κ2) is 29.6. The smallest absolute Gasteiger partial charge is 0.306 e. The zero-order valence-electron chi connectivity index (χ0n) is 26.5. The average Bonchev–Trinajstić information content (AvgIpc) is 2.96. The Kier molecular flexibility index (Phi) is 28.2. The van der Waals surface area contributed by atoms with Crippen LogP contribution < -0.4 is 5.32 Å². The molecule has 0 fully saturated rings. The molecule has 0 aliphatic heterocycles. The molecular weight excluding hydrogens is 522 g/mol.